The summed E-state index contributed by atoms with van der Waals surface area (Å²) < 4.78 is 17.7. The zero-order valence-corrected chi connectivity index (χ0v) is 52.7. The lowest BCUT2D eigenvalue weighted by molar-refractivity contribution is -0.305. The maximum atomic E-state index is 13.5. The fourth-order valence-corrected chi connectivity index (χ4v) is 10.7. The molecule has 0 aromatic heterocycles. The number of nitrogens with one attached hydrogen (secondary N) is 1. The van der Waals surface area contributed by atoms with Crippen molar-refractivity contribution in [1.29, 1.82) is 0 Å². The van der Waals surface area contributed by atoms with Gasteiger partial charge in [-0.25, -0.2) is 0 Å². The van der Waals surface area contributed by atoms with E-state index in [-0.39, 0.29) is 13.0 Å². The van der Waals surface area contributed by atoms with Crippen LogP contribution in [0.15, 0.2) is 48.6 Å². The monoisotopic (exact) mass is 1140 g/mol. The minimum Gasteiger partial charge on any atom is -0.454 e. The van der Waals surface area contributed by atoms with Crippen LogP contribution in [-0.4, -0.2) is 99.6 Å². The molecule has 1 aliphatic rings. The quantitative estimate of drug-likeness (QED) is 0.0195. The van der Waals surface area contributed by atoms with Gasteiger partial charge in [0.05, 0.1) is 25.4 Å². The van der Waals surface area contributed by atoms with Crippen LogP contribution in [0.3, 0.4) is 0 Å². The number of ether oxygens (including phenoxy) is 3. The molecule has 1 heterocycles. The van der Waals surface area contributed by atoms with Crippen molar-refractivity contribution in [3.8, 4) is 0 Å². The van der Waals surface area contributed by atoms with Crippen LogP contribution in [0.4, 0.5) is 0 Å². The van der Waals surface area contributed by atoms with E-state index in [1.807, 2.05) is 6.08 Å². The van der Waals surface area contributed by atoms with E-state index in [1.165, 1.54) is 205 Å². The summed E-state index contributed by atoms with van der Waals surface area (Å²) in [6, 6.07) is -1.02. The molecule has 0 saturated carbocycles. The first-order chi connectivity index (χ1) is 39.7. The summed E-state index contributed by atoms with van der Waals surface area (Å²) in [4.78, 5) is 26.6. The third-order valence-electron chi connectivity index (χ3n) is 16.2. The lowest BCUT2D eigenvalue weighted by Gasteiger charge is -2.41. The highest BCUT2D eigenvalue weighted by Gasteiger charge is 2.47. The minimum atomic E-state index is -1.62. The zero-order valence-electron chi connectivity index (χ0n) is 52.7. The Balaban J connectivity index is 2.63. The van der Waals surface area contributed by atoms with Crippen molar-refractivity contribution in [2.45, 2.75) is 372 Å². The van der Waals surface area contributed by atoms with Gasteiger partial charge in [0.1, 0.15) is 24.4 Å². The number of amides is 1. The smallest absolute Gasteiger partial charge is 0.306 e. The van der Waals surface area contributed by atoms with Crippen LogP contribution >= 0.6 is 0 Å². The van der Waals surface area contributed by atoms with Crippen molar-refractivity contribution >= 4 is 11.9 Å². The van der Waals surface area contributed by atoms with E-state index in [2.05, 4.69) is 62.5 Å². The van der Waals surface area contributed by atoms with E-state index < -0.39 is 67.4 Å². The van der Waals surface area contributed by atoms with Crippen molar-refractivity contribution in [2.75, 3.05) is 13.2 Å². The number of hydrogen-bond acceptors (Lipinski definition) is 10. The summed E-state index contributed by atoms with van der Waals surface area (Å²) in [5, 5.41) is 57.2. The Bertz CT molecular complexity index is 1500. The number of rotatable bonds is 59. The molecule has 6 N–H and O–H groups in total. The Morgan fingerprint density at radius 1 is 0.481 bits per heavy atom. The zero-order chi connectivity index (χ0) is 58.9. The molecule has 1 saturated heterocycles. The summed E-state index contributed by atoms with van der Waals surface area (Å²) in [6.07, 6.45) is 61.4. The first-order valence-corrected chi connectivity index (χ1v) is 34.4. The van der Waals surface area contributed by atoms with Crippen LogP contribution in [-0.2, 0) is 23.8 Å². The van der Waals surface area contributed by atoms with Crippen molar-refractivity contribution in [3.63, 3.8) is 0 Å². The van der Waals surface area contributed by atoms with E-state index in [1.54, 1.807) is 6.08 Å². The van der Waals surface area contributed by atoms with Gasteiger partial charge in [-0.05, 0) is 83.5 Å². The predicted octanol–water partition coefficient (Wildman–Crippen LogP) is 17.2. The van der Waals surface area contributed by atoms with Crippen molar-refractivity contribution in [1.82, 2.24) is 5.32 Å². The Morgan fingerprint density at radius 2 is 0.852 bits per heavy atom. The molecule has 1 aliphatic heterocycles. The largest absolute Gasteiger partial charge is 0.454 e. The van der Waals surface area contributed by atoms with Gasteiger partial charge >= 0.3 is 5.97 Å². The van der Waals surface area contributed by atoms with Crippen LogP contribution in [0.25, 0.3) is 0 Å². The van der Waals surface area contributed by atoms with Crippen molar-refractivity contribution in [2.24, 2.45) is 0 Å². The van der Waals surface area contributed by atoms with Crippen LogP contribution in [0.2, 0.25) is 0 Å². The molecule has 8 atom stereocenters. The SMILES string of the molecule is CCCCC/C=C\C/C=C\CCCCCCCCCCCC(=O)OC1C(OCC(NC(=O)C(O)CCCCCCCCCCCC/C=C/CCCCCCCC)C(O)/C=C/CCCCCCCCCCCCC)OC(CO)C(O)C1O. The van der Waals surface area contributed by atoms with E-state index in [4.69, 9.17) is 14.2 Å². The maximum Gasteiger partial charge on any atom is 0.306 e. The Hall–Kier alpha value is -2.38. The molecular weight excluding hydrogens is 1010 g/mol. The summed E-state index contributed by atoms with van der Waals surface area (Å²) in [6.45, 7) is 5.80. The van der Waals surface area contributed by atoms with E-state index >= 15 is 0 Å². The second kappa shape index (κ2) is 58.0. The molecule has 0 aromatic carbocycles. The van der Waals surface area contributed by atoms with Crippen molar-refractivity contribution in [3.05, 3.63) is 48.6 Å². The predicted molar refractivity (Wildman–Crippen MR) is 338 cm³/mol. The van der Waals surface area contributed by atoms with Crippen LogP contribution < -0.4 is 5.32 Å². The molecule has 0 spiro atoms. The fourth-order valence-electron chi connectivity index (χ4n) is 10.7. The maximum absolute atomic E-state index is 13.5. The van der Waals surface area contributed by atoms with Gasteiger partial charge in [0.2, 0.25) is 5.91 Å². The second-order valence-corrected chi connectivity index (χ2v) is 23.9. The third kappa shape index (κ3) is 45.6. The number of hydrogen-bond donors (Lipinski definition) is 6. The van der Waals surface area contributed by atoms with Gasteiger partial charge in [-0.3, -0.25) is 9.59 Å². The number of carbonyl (C=O) groups excluding carboxylic acids is 2. The molecule has 474 valence electrons. The number of aliphatic hydroxyl groups is 5. The first kappa shape index (κ1) is 76.6. The molecule has 0 bridgehead atoms. The topological polar surface area (TPSA) is 175 Å². The average Bonchev–Trinajstić information content (AvgIpc) is 3.47. The van der Waals surface area contributed by atoms with Gasteiger partial charge in [0, 0.05) is 6.42 Å². The molecule has 1 amide bonds. The molecule has 0 aromatic rings. The minimum absolute atomic E-state index is 0.120. The van der Waals surface area contributed by atoms with E-state index in [9.17, 15) is 35.1 Å². The van der Waals surface area contributed by atoms with Gasteiger partial charge in [0.15, 0.2) is 12.4 Å². The van der Waals surface area contributed by atoms with Gasteiger partial charge in [-0.2, -0.15) is 0 Å². The third-order valence-corrected chi connectivity index (χ3v) is 16.2. The lowest BCUT2D eigenvalue weighted by Crippen LogP contribution is -2.61. The average molecular weight is 1140 g/mol. The summed E-state index contributed by atoms with van der Waals surface area (Å²) >= 11 is 0. The van der Waals surface area contributed by atoms with Gasteiger partial charge in [-0.1, -0.05) is 281 Å². The highest BCUT2D eigenvalue weighted by Crippen LogP contribution is 2.26. The number of esters is 1. The highest BCUT2D eigenvalue weighted by molar-refractivity contribution is 5.80. The van der Waals surface area contributed by atoms with Crippen LogP contribution in [0.1, 0.15) is 323 Å². The normalized spacial score (nSPS) is 18.9. The fraction of sp³-hybridized carbons (Fsp3) is 0.857. The van der Waals surface area contributed by atoms with Crippen molar-refractivity contribution < 1.29 is 49.3 Å². The molecule has 8 unspecified atom stereocenters. The molecule has 1 rings (SSSR count). The number of allylic oxidation sites excluding steroid dienone is 7. The van der Waals surface area contributed by atoms with Crippen LogP contribution in [0.5, 0.6) is 0 Å². The van der Waals surface area contributed by atoms with Gasteiger partial charge in [-0.15, -0.1) is 0 Å². The Labute approximate surface area is 497 Å². The van der Waals surface area contributed by atoms with E-state index in [0.29, 0.717) is 19.3 Å². The molecule has 0 aliphatic carbocycles. The highest BCUT2D eigenvalue weighted by atomic mass is 16.7. The summed E-state index contributed by atoms with van der Waals surface area (Å²) in [7, 11) is 0. The number of aliphatic hydroxyl groups excluding tert-OH is 5. The van der Waals surface area contributed by atoms with Gasteiger partial charge < -0.3 is 45.1 Å². The van der Waals surface area contributed by atoms with E-state index in [0.717, 1.165) is 70.6 Å². The Morgan fingerprint density at radius 3 is 1.30 bits per heavy atom. The standard InChI is InChI=1S/C70H129NO10/c1-4-7-10-13-16-19-22-25-27-29-31-33-34-36-39-42-45-48-51-54-57-63(74)69(78)71-61(62(73)56-53-50-47-44-41-38-24-21-18-15-12-9-6-3)60-79-70-68(67(77)66(76)64(59-72)80-70)81-65(75)58-55-52-49-46-43-40-37-35-32-30-28-26-23-20-17-14-11-8-5-2/h17,20,25-28,53,56,61-64,66-68,70,72-74,76-77H,4-16,18-19,21-24,29-52,54-55,57-60H2,1-3H3,(H,71,78)/b20-17-,27-25+,28-26-,56-53+. The summed E-state index contributed by atoms with van der Waals surface area (Å²) in [5.74, 6) is -1.19. The molecule has 11 nitrogen and oxygen atoms in total. The molecule has 81 heavy (non-hydrogen) atoms. The Kier molecular flexibility index (Phi) is 54.9. The molecule has 0 radical (unpaired) electrons. The lowest BCUT2D eigenvalue weighted by atomic mass is 9.99. The number of carbonyl (C=O) groups is 2. The second-order valence-electron chi connectivity index (χ2n) is 23.9. The summed E-state index contributed by atoms with van der Waals surface area (Å²) in [5.41, 5.74) is 0. The molecule has 11 heteroatoms. The van der Waals surface area contributed by atoms with Crippen LogP contribution in [0, 0.1) is 0 Å². The molecule has 1 fully saturated rings. The first-order valence-electron chi connectivity index (χ1n) is 34.4. The van der Waals surface area contributed by atoms with Gasteiger partial charge in [0.25, 0.3) is 0 Å². The molecular formula is C70H129NO10. The number of unbranched alkanes of at least 4 members (excludes halogenated alkanes) is 39.